The molecule has 1 aliphatic rings. The van der Waals surface area contributed by atoms with Crippen molar-refractivity contribution in [3.05, 3.63) is 0 Å². The van der Waals surface area contributed by atoms with Crippen molar-refractivity contribution in [2.45, 2.75) is 31.8 Å². The summed E-state index contributed by atoms with van der Waals surface area (Å²) >= 11 is 0. The minimum Gasteiger partial charge on any atom is -0.467 e. The van der Waals surface area contributed by atoms with Gasteiger partial charge in [-0.2, -0.15) is 0 Å². The van der Waals surface area contributed by atoms with Crippen LogP contribution in [0.15, 0.2) is 0 Å². The highest BCUT2D eigenvalue weighted by Gasteiger charge is 2.36. The van der Waals surface area contributed by atoms with Crippen LogP contribution in [-0.2, 0) is 14.3 Å². The monoisotopic (exact) mass is 201 g/mol. The van der Waals surface area contributed by atoms with Gasteiger partial charge in [-0.05, 0) is 19.8 Å². The molecule has 1 aliphatic heterocycles. The number of methoxy groups -OCH3 is 1. The zero-order chi connectivity index (χ0) is 10.7. The number of nitrogens with zero attached hydrogens (tertiary/aromatic N) is 1. The molecule has 2 atom stereocenters. The molecular weight excluding hydrogens is 184 g/mol. The maximum atomic E-state index is 11.6. The van der Waals surface area contributed by atoms with E-state index in [2.05, 4.69) is 10.5 Å². The Hall–Kier alpha value is -1.10. The zero-order valence-electron chi connectivity index (χ0n) is 8.66. The standard InChI is InChI=1S/C9H16N2O3/c1-6(10)8(12)11-5-3-4-7(11)9(13)14-2/h6-7H,3-5,10H2,1-2H3/p+1/t6-,7-/m0/s1. The predicted octanol–water partition coefficient (Wildman–Crippen LogP) is -1.22. The van der Waals surface area contributed by atoms with Gasteiger partial charge in [-0.15, -0.1) is 0 Å². The Morgan fingerprint density at radius 2 is 2.21 bits per heavy atom. The Kier molecular flexibility index (Phi) is 3.46. The third-order valence-electron chi connectivity index (χ3n) is 2.43. The number of amides is 1. The fraction of sp³-hybridized carbons (Fsp3) is 0.778. The molecule has 0 saturated carbocycles. The van der Waals surface area contributed by atoms with Crippen LogP contribution >= 0.6 is 0 Å². The summed E-state index contributed by atoms with van der Waals surface area (Å²) < 4.78 is 4.64. The maximum absolute atomic E-state index is 11.6. The van der Waals surface area contributed by atoms with E-state index < -0.39 is 6.04 Å². The molecule has 0 unspecified atom stereocenters. The minimum atomic E-state index is -0.392. The van der Waals surface area contributed by atoms with Gasteiger partial charge in [0.2, 0.25) is 0 Å². The van der Waals surface area contributed by atoms with Crippen molar-refractivity contribution in [3.8, 4) is 0 Å². The van der Waals surface area contributed by atoms with Crippen LogP contribution in [0.2, 0.25) is 0 Å². The van der Waals surface area contributed by atoms with Crippen LogP contribution in [-0.4, -0.2) is 42.5 Å². The quantitative estimate of drug-likeness (QED) is 0.569. The first-order chi connectivity index (χ1) is 6.57. The summed E-state index contributed by atoms with van der Waals surface area (Å²) in [5.41, 5.74) is 3.66. The molecule has 0 aromatic heterocycles. The largest absolute Gasteiger partial charge is 0.467 e. The molecule has 0 aliphatic carbocycles. The number of hydrogen-bond donors (Lipinski definition) is 1. The van der Waals surface area contributed by atoms with Gasteiger partial charge in [0.1, 0.15) is 6.04 Å². The average Bonchev–Trinajstić information content (AvgIpc) is 2.63. The van der Waals surface area contributed by atoms with Crippen LogP contribution in [0.5, 0.6) is 0 Å². The molecule has 5 heteroatoms. The first-order valence-corrected chi connectivity index (χ1v) is 4.79. The number of hydrogen-bond acceptors (Lipinski definition) is 3. The van der Waals surface area contributed by atoms with Gasteiger partial charge in [0, 0.05) is 6.54 Å². The number of likely N-dealkylation sites (tertiary alicyclic amines) is 1. The van der Waals surface area contributed by atoms with E-state index >= 15 is 0 Å². The Morgan fingerprint density at radius 1 is 1.57 bits per heavy atom. The molecular formula is C9H17N2O3+. The van der Waals surface area contributed by atoms with E-state index in [1.807, 2.05) is 0 Å². The van der Waals surface area contributed by atoms with E-state index in [9.17, 15) is 9.59 Å². The summed E-state index contributed by atoms with van der Waals surface area (Å²) in [7, 11) is 1.34. The van der Waals surface area contributed by atoms with Crippen molar-refractivity contribution >= 4 is 11.9 Å². The maximum Gasteiger partial charge on any atom is 0.328 e. The number of carbonyl (C=O) groups excluding carboxylic acids is 2. The highest BCUT2D eigenvalue weighted by Crippen LogP contribution is 2.18. The smallest absolute Gasteiger partial charge is 0.328 e. The summed E-state index contributed by atoms with van der Waals surface area (Å²) in [6.45, 7) is 2.37. The van der Waals surface area contributed by atoms with E-state index in [4.69, 9.17) is 0 Å². The predicted molar refractivity (Wildman–Crippen MR) is 49.1 cm³/mol. The van der Waals surface area contributed by atoms with Crippen LogP contribution in [0, 0.1) is 0 Å². The Labute approximate surface area is 83.2 Å². The number of quaternary nitrogens is 1. The first-order valence-electron chi connectivity index (χ1n) is 4.79. The molecule has 1 saturated heterocycles. The van der Waals surface area contributed by atoms with Crippen molar-refractivity contribution in [1.29, 1.82) is 0 Å². The Bertz CT molecular complexity index is 240. The summed E-state index contributed by atoms with van der Waals surface area (Å²) in [6, 6.07) is -0.697. The van der Waals surface area contributed by atoms with Crippen LogP contribution in [0.4, 0.5) is 0 Å². The molecule has 0 bridgehead atoms. The molecule has 0 spiro atoms. The molecule has 5 nitrogen and oxygen atoms in total. The topological polar surface area (TPSA) is 74.2 Å². The molecule has 0 aromatic rings. The molecule has 3 N–H and O–H groups in total. The third kappa shape index (κ3) is 2.04. The summed E-state index contributed by atoms with van der Waals surface area (Å²) in [5, 5.41) is 0. The summed E-state index contributed by atoms with van der Waals surface area (Å²) in [5.74, 6) is -0.394. The van der Waals surface area contributed by atoms with E-state index in [1.165, 1.54) is 7.11 Å². The molecule has 0 aromatic carbocycles. The molecule has 1 fully saturated rings. The number of rotatable bonds is 2. The molecule has 1 rings (SSSR count). The second-order valence-corrected chi connectivity index (χ2v) is 3.61. The van der Waals surface area contributed by atoms with Crippen molar-refractivity contribution in [2.75, 3.05) is 13.7 Å². The lowest BCUT2D eigenvalue weighted by atomic mass is 10.2. The highest BCUT2D eigenvalue weighted by molar-refractivity contribution is 5.87. The molecule has 14 heavy (non-hydrogen) atoms. The van der Waals surface area contributed by atoms with Gasteiger partial charge in [-0.1, -0.05) is 0 Å². The number of ether oxygens (including phenoxy) is 1. The van der Waals surface area contributed by atoms with Crippen LogP contribution in [0.1, 0.15) is 19.8 Å². The van der Waals surface area contributed by atoms with Crippen molar-refractivity contribution in [2.24, 2.45) is 0 Å². The van der Waals surface area contributed by atoms with E-state index in [0.29, 0.717) is 13.0 Å². The highest BCUT2D eigenvalue weighted by atomic mass is 16.5. The fourth-order valence-electron chi connectivity index (χ4n) is 1.69. The second kappa shape index (κ2) is 4.41. The normalized spacial score (nSPS) is 23.4. The molecule has 1 heterocycles. The van der Waals surface area contributed by atoms with Crippen LogP contribution in [0.25, 0.3) is 0 Å². The lowest BCUT2D eigenvalue weighted by molar-refractivity contribution is -0.400. The van der Waals surface area contributed by atoms with E-state index in [-0.39, 0.29) is 17.9 Å². The third-order valence-corrected chi connectivity index (χ3v) is 2.43. The van der Waals surface area contributed by atoms with Gasteiger partial charge in [0.05, 0.1) is 7.11 Å². The van der Waals surface area contributed by atoms with E-state index in [0.717, 1.165) is 6.42 Å². The van der Waals surface area contributed by atoms with Gasteiger partial charge in [0.15, 0.2) is 6.04 Å². The summed E-state index contributed by atoms with van der Waals surface area (Å²) in [6.07, 6.45) is 1.56. The van der Waals surface area contributed by atoms with Gasteiger partial charge in [0.25, 0.3) is 5.91 Å². The lowest BCUT2D eigenvalue weighted by Crippen LogP contribution is -2.67. The van der Waals surface area contributed by atoms with Gasteiger partial charge in [-0.3, -0.25) is 4.79 Å². The summed E-state index contributed by atoms with van der Waals surface area (Å²) in [4.78, 5) is 24.5. The lowest BCUT2D eigenvalue weighted by Gasteiger charge is -2.22. The van der Waals surface area contributed by atoms with Crippen LogP contribution in [0.3, 0.4) is 0 Å². The van der Waals surface area contributed by atoms with Gasteiger partial charge < -0.3 is 15.4 Å². The van der Waals surface area contributed by atoms with Crippen LogP contribution < -0.4 is 5.73 Å². The average molecular weight is 201 g/mol. The van der Waals surface area contributed by atoms with Crippen molar-refractivity contribution < 1.29 is 20.1 Å². The first kappa shape index (κ1) is 11.0. The van der Waals surface area contributed by atoms with E-state index in [1.54, 1.807) is 11.8 Å². The Balaban J connectivity index is 2.68. The Morgan fingerprint density at radius 3 is 2.71 bits per heavy atom. The number of esters is 1. The fourth-order valence-corrected chi connectivity index (χ4v) is 1.69. The molecule has 80 valence electrons. The minimum absolute atomic E-state index is 0.0714. The van der Waals surface area contributed by atoms with Crippen molar-refractivity contribution in [3.63, 3.8) is 0 Å². The number of carbonyl (C=O) groups is 2. The molecule has 0 radical (unpaired) electrons. The van der Waals surface area contributed by atoms with Gasteiger partial charge >= 0.3 is 5.97 Å². The van der Waals surface area contributed by atoms with Crippen molar-refractivity contribution in [1.82, 2.24) is 4.90 Å². The zero-order valence-corrected chi connectivity index (χ0v) is 8.66. The SMILES string of the molecule is COC(=O)[C@@H]1CCCN1C(=O)[C@H](C)[NH3+]. The second-order valence-electron chi connectivity index (χ2n) is 3.61. The molecule has 1 amide bonds. The van der Waals surface area contributed by atoms with Gasteiger partial charge in [-0.25, -0.2) is 4.79 Å².